The van der Waals surface area contributed by atoms with Gasteiger partial charge in [0.2, 0.25) is 0 Å². The van der Waals surface area contributed by atoms with Gasteiger partial charge in [-0.1, -0.05) is 39.0 Å². The average molecular weight is 188 g/mol. The molecular weight excluding hydrogens is 168 g/mol. The number of fused-ring (bicyclic) bond motifs is 1. The second-order valence-corrected chi connectivity index (χ2v) is 4.64. The summed E-state index contributed by atoms with van der Waals surface area (Å²) < 4.78 is 0. The van der Waals surface area contributed by atoms with Crippen LogP contribution in [0.25, 0.3) is 0 Å². The first-order valence-corrected chi connectivity index (χ1v) is 5.84. The van der Waals surface area contributed by atoms with Gasteiger partial charge in [-0.05, 0) is 47.8 Å². The first-order chi connectivity index (χ1) is 6.74. The SMILES string of the molecule is CCc1cccc2c1CCC(C)C2C. The van der Waals surface area contributed by atoms with Crippen LogP contribution in [0.15, 0.2) is 18.2 Å². The predicted octanol–water partition coefficient (Wildman–Crippen LogP) is 3.93. The van der Waals surface area contributed by atoms with Crippen molar-refractivity contribution in [3.63, 3.8) is 0 Å². The lowest BCUT2D eigenvalue weighted by molar-refractivity contribution is 0.424. The van der Waals surface area contributed by atoms with Crippen molar-refractivity contribution in [2.75, 3.05) is 0 Å². The van der Waals surface area contributed by atoms with Gasteiger partial charge in [0.15, 0.2) is 0 Å². The van der Waals surface area contributed by atoms with Crippen molar-refractivity contribution < 1.29 is 0 Å². The Morgan fingerprint density at radius 2 is 2.07 bits per heavy atom. The van der Waals surface area contributed by atoms with Gasteiger partial charge in [0.05, 0.1) is 0 Å². The average Bonchev–Trinajstić information content (AvgIpc) is 2.23. The molecule has 2 rings (SSSR count). The van der Waals surface area contributed by atoms with E-state index in [1.165, 1.54) is 19.3 Å². The van der Waals surface area contributed by atoms with Crippen LogP contribution < -0.4 is 0 Å². The molecule has 0 fully saturated rings. The summed E-state index contributed by atoms with van der Waals surface area (Å²) in [5.74, 6) is 1.61. The first kappa shape index (κ1) is 9.76. The van der Waals surface area contributed by atoms with Gasteiger partial charge >= 0.3 is 0 Å². The molecule has 0 heteroatoms. The largest absolute Gasteiger partial charge is 0.0619 e. The molecule has 14 heavy (non-hydrogen) atoms. The van der Waals surface area contributed by atoms with Crippen molar-refractivity contribution in [1.29, 1.82) is 0 Å². The van der Waals surface area contributed by atoms with Gasteiger partial charge in [0, 0.05) is 0 Å². The summed E-state index contributed by atoms with van der Waals surface area (Å²) in [5.41, 5.74) is 4.84. The Morgan fingerprint density at radius 3 is 2.79 bits per heavy atom. The third-order valence-corrected chi connectivity index (χ3v) is 3.88. The maximum atomic E-state index is 2.38. The summed E-state index contributed by atoms with van der Waals surface area (Å²) >= 11 is 0. The highest BCUT2D eigenvalue weighted by Crippen LogP contribution is 2.36. The molecule has 0 heterocycles. The minimum Gasteiger partial charge on any atom is -0.0619 e. The van der Waals surface area contributed by atoms with E-state index in [1.54, 1.807) is 16.7 Å². The van der Waals surface area contributed by atoms with Crippen molar-refractivity contribution in [2.45, 2.75) is 46.0 Å². The van der Waals surface area contributed by atoms with Crippen LogP contribution in [0.4, 0.5) is 0 Å². The summed E-state index contributed by atoms with van der Waals surface area (Å²) in [6, 6.07) is 6.85. The van der Waals surface area contributed by atoms with Crippen molar-refractivity contribution >= 4 is 0 Å². The summed E-state index contributed by atoms with van der Waals surface area (Å²) in [5, 5.41) is 0. The molecule has 1 aromatic rings. The van der Waals surface area contributed by atoms with E-state index in [9.17, 15) is 0 Å². The predicted molar refractivity (Wildman–Crippen MR) is 61.7 cm³/mol. The molecule has 0 aromatic heterocycles. The number of rotatable bonds is 1. The molecule has 1 aliphatic rings. The van der Waals surface area contributed by atoms with Crippen molar-refractivity contribution in [2.24, 2.45) is 5.92 Å². The molecule has 1 aromatic carbocycles. The van der Waals surface area contributed by atoms with Gasteiger partial charge in [-0.3, -0.25) is 0 Å². The Bertz CT molecular complexity index is 325. The van der Waals surface area contributed by atoms with E-state index >= 15 is 0 Å². The van der Waals surface area contributed by atoms with Crippen LogP contribution in [0.1, 0.15) is 49.8 Å². The van der Waals surface area contributed by atoms with E-state index in [-0.39, 0.29) is 0 Å². The molecule has 0 saturated carbocycles. The number of hydrogen-bond acceptors (Lipinski definition) is 0. The Hall–Kier alpha value is -0.780. The lowest BCUT2D eigenvalue weighted by Crippen LogP contribution is -2.17. The molecule has 0 spiro atoms. The monoisotopic (exact) mass is 188 g/mol. The molecule has 0 radical (unpaired) electrons. The molecule has 2 unspecified atom stereocenters. The summed E-state index contributed by atoms with van der Waals surface area (Å²) in [6.07, 6.45) is 3.85. The van der Waals surface area contributed by atoms with E-state index in [1.807, 2.05) is 0 Å². The highest BCUT2D eigenvalue weighted by Gasteiger charge is 2.23. The second-order valence-electron chi connectivity index (χ2n) is 4.64. The fourth-order valence-corrected chi connectivity index (χ4v) is 2.65. The topological polar surface area (TPSA) is 0 Å². The third-order valence-electron chi connectivity index (χ3n) is 3.88. The minimum absolute atomic E-state index is 0.755. The van der Waals surface area contributed by atoms with Crippen LogP contribution in [0.2, 0.25) is 0 Å². The van der Waals surface area contributed by atoms with Gasteiger partial charge in [0.25, 0.3) is 0 Å². The van der Waals surface area contributed by atoms with Crippen molar-refractivity contribution in [1.82, 2.24) is 0 Å². The molecule has 0 N–H and O–H groups in total. The number of benzene rings is 1. The Balaban J connectivity index is 2.47. The Morgan fingerprint density at radius 1 is 1.29 bits per heavy atom. The summed E-state index contributed by atoms with van der Waals surface area (Å²) in [7, 11) is 0. The van der Waals surface area contributed by atoms with Crippen LogP contribution in [0, 0.1) is 5.92 Å². The van der Waals surface area contributed by atoms with Gasteiger partial charge in [-0.25, -0.2) is 0 Å². The normalized spacial score (nSPS) is 25.9. The van der Waals surface area contributed by atoms with E-state index in [0.29, 0.717) is 0 Å². The lowest BCUT2D eigenvalue weighted by atomic mass is 9.75. The molecule has 76 valence electrons. The molecular formula is C14H20. The first-order valence-electron chi connectivity index (χ1n) is 5.84. The molecule has 0 saturated heterocycles. The molecule has 0 bridgehead atoms. The maximum absolute atomic E-state index is 2.38. The summed E-state index contributed by atoms with van der Waals surface area (Å²) in [6.45, 7) is 7.02. The standard InChI is InChI=1S/C14H20/c1-4-12-6-5-7-13-11(3)10(2)8-9-14(12)13/h5-7,10-11H,4,8-9H2,1-3H3. The smallest absolute Gasteiger partial charge is 0.0162 e. The maximum Gasteiger partial charge on any atom is -0.0162 e. The van der Waals surface area contributed by atoms with E-state index < -0.39 is 0 Å². The minimum atomic E-state index is 0.755. The van der Waals surface area contributed by atoms with E-state index in [2.05, 4.69) is 39.0 Å². The summed E-state index contributed by atoms with van der Waals surface area (Å²) in [4.78, 5) is 0. The Labute approximate surface area is 87.3 Å². The van der Waals surface area contributed by atoms with Gasteiger partial charge in [-0.15, -0.1) is 0 Å². The highest BCUT2D eigenvalue weighted by atomic mass is 14.3. The number of aryl methyl sites for hydroxylation is 1. The van der Waals surface area contributed by atoms with Crippen LogP contribution in [0.5, 0.6) is 0 Å². The van der Waals surface area contributed by atoms with Gasteiger partial charge < -0.3 is 0 Å². The van der Waals surface area contributed by atoms with Crippen LogP contribution >= 0.6 is 0 Å². The Kier molecular flexibility index (Phi) is 2.62. The van der Waals surface area contributed by atoms with Crippen LogP contribution in [0.3, 0.4) is 0 Å². The zero-order valence-electron chi connectivity index (χ0n) is 9.51. The van der Waals surface area contributed by atoms with E-state index in [4.69, 9.17) is 0 Å². The zero-order chi connectivity index (χ0) is 10.1. The lowest BCUT2D eigenvalue weighted by Gasteiger charge is -2.30. The number of hydrogen-bond donors (Lipinski definition) is 0. The fourth-order valence-electron chi connectivity index (χ4n) is 2.65. The quantitative estimate of drug-likeness (QED) is 0.626. The second kappa shape index (κ2) is 3.76. The molecule has 0 nitrogen and oxygen atoms in total. The molecule has 0 aliphatic heterocycles. The molecule has 0 amide bonds. The highest BCUT2D eigenvalue weighted by molar-refractivity contribution is 5.39. The molecule has 1 aliphatic carbocycles. The van der Waals surface area contributed by atoms with Gasteiger partial charge in [0.1, 0.15) is 0 Å². The third kappa shape index (κ3) is 1.47. The zero-order valence-corrected chi connectivity index (χ0v) is 9.51. The van der Waals surface area contributed by atoms with Crippen molar-refractivity contribution in [3.05, 3.63) is 34.9 Å². The van der Waals surface area contributed by atoms with E-state index in [0.717, 1.165) is 11.8 Å². The van der Waals surface area contributed by atoms with Gasteiger partial charge in [-0.2, -0.15) is 0 Å². The fraction of sp³-hybridized carbons (Fsp3) is 0.571. The molecule has 2 atom stereocenters. The van der Waals surface area contributed by atoms with Crippen LogP contribution in [-0.4, -0.2) is 0 Å². The van der Waals surface area contributed by atoms with Crippen molar-refractivity contribution in [3.8, 4) is 0 Å². The van der Waals surface area contributed by atoms with Crippen LogP contribution in [-0.2, 0) is 12.8 Å².